The molecule has 0 amide bonds. The second-order valence-electron chi connectivity index (χ2n) is 7.95. The zero-order chi connectivity index (χ0) is 26.7. The van der Waals surface area contributed by atoms with Gasteiger partial charge in [0.05, 0.1) is 19.1 Å². The van der Waals surface area contributed by atoms with E-state index in [1.165, 1.54) is 10.9 Å². The van der Waals surface area contributed by atoms with Gasteiger partial charge in [-0.05, 0) is 6.42 Å². The first-order valence-electron chi connectivity index (χ1n) is 10.7. The van der Waals surface area contributed by atoms with E-state index in [9.17, 15) is 38.6 Å². The lowest BCUT2D eigenvalue weighted by atomic mass is 10.1. The third-order valence-corrected chi connectivity index (χ3v) is 9.99. The second-order valence-corrected chi connectivity index (χ2v) is 13.1. The molecule has 20 heteroatoms. The van der Waals surface area contributed by atoms with Gasteiger partial charge in [-0.1, -0.05) is 26.2 Å². The molecule has 0 aliphatic carbocycles. The van der Waals surface area contributed by atoms with Gasteiger partial charge < -0.3 is 35.4 Å². The molecule has 204 valence electrons. The number of aliphatic hydroxyl groups is 2. The second kappa shape index (κ2) is 11.6. The minimum atomic E-state index is -5.51. The van der Waals surface area contributed by atoms with Crippen molar-refractivity contribution in [2.75, 3.05) is 18.5 Å². The van der Waals surface area contributed by atoms with Crippen LogP contribution in [0.15, 0.2) is 12.7 Å². The predicted molar refractivity (Wildman–Crippen MR) is 122 cm³/mol. The normalized spacial score (nSPS) is 27.5. The maximum atomic E-state index is 12.2. The molecule has 1 aliphatic rings. The van der Waals surface area contributed by atoms with E-state index in [4.69, 9.17) is 10.5 Å². The number of aliphatic hydroxyl groups excluding tert-OH is 2. The largest absolute Gasteiger partial charge is 0.488 e. The van der Waals surface area contributed by atoms with Gasteiger partial charge in [-0.2, -0.15) is 4.31 Å². The molecular weight excluding hydrogens is 547 g/mol. The first-order valence-corrected chi connectivity index (χ1v) is 15.5. The molecule has 0 bridgehead atoms. The number of imidazole rings is 1. The molecule has 1 aliphatic heterocycles. The number of fused-ring (bicyclic) bond motifs is 1. The fourth-order valence-corrected chi connectivity index (χ4v) is 7.62. The van der Waals surface area contributed by atoms with Crippen molar-refractivity contribution in [3.8, 4) is 0 Å². The summed E-state index contributed by atoms with van der Waals surface area (Å²) in [6, 6.07) is 0. The molecule has 36 heavy (non-hydrogen) atoms. The average molecular weight is 575 g/mol. The van der Waals surface area contributed by atoms with Crippen LogP contribution in [-0.2, 0) is 31.6 Å². The summed E-state index contributed by atoms with van der Waals surface area (Å²) < 4.78 is 55.8. The number of phosphoric acid groups is 2. The van der Waals surface area contributed by atoms with Crippen LogP contribution in [0.2, 0.25) is 0 Å². The Morgan fingerprint density at radius 1 is 1.03 bits per heavy atom. The van der Waals surface area contributed by atoms with E-state index in [0.29, 0.717) is 6.42 Å². The van der Waals surface area contributed by atoms with Crippen molar-refractivity contribution < 1.29 is 56.5 Å². The van der Waals surface area contributed by atoms with Gasteiger partial charge in [0.2, 0.25) is 0 Å². The van der Waals surface area contributed by atoms with E-state index in [0.717, 1.165) is 19.2 Å². The number of rotatable bonds is 13. The number of hydrogen-bond acceptors (Lipinski definition) is 13. The maximum absolute atomic E-state index is 12.2. The molecule has 2 aromatic rings. The molecule has 7 atom stereocenters. The summed E-state index contributed by atoms with van der Waals surface area (Å²) in [5.41, 5.74) is 6.11. The Morgan fingerprint density at radius 3 is 2.44 bits per heavy atom. The van der Waals surface area contributed by atoms with Gasteiger partial charge in [0.15, 0.2) is 17.7 Å². The van der Waals surface area contributed by atoms with Crippen LogP contribution < -0.4 is 5.73 Å². The van der Waals surface area contributed by atoms with Gasteiger partial charge in [0.1, 0.15) is 30.2 Å². The van der Waals surface area contributed by atoms with Crippen molar-refractivity contribution in [3.05, 3.63) is 12.7 Å². The van der Waals surface area contributed by atoms with E-state index in [2.05, 4.69) is 28.1 Å². The van der Waals surface area contributed by atoms with Crippen LogP contribution in [0.25, 0.3) is 11.2 Å². The summed E-state index contributed by atoms with van der Waals surface area (Å²) in [7, 11) is -15.5. The fraction of sp³-hybridized carbons (Fsp3) is 0.688. The van der Waals surface area contributed by atoms with Crippen LogP contribution in [0.3, 0.4) is 0 Å². The van der Waals surface area contributed by atoms with Gasteiger partial charge in [-0.3, -0.25) is 13.7 Å². The quantitative estimate of drug-likeness (QED) is 0.144. The van der Waals surface area contributed by atoms with Crippen molar-refractivity contribution in [2.45, 2.75) is 57.1 Å². The number of nitrogens with zero attached hydrogens (tertiary/aromatic N) is 4. The number of nitrogens with two attached hydrogens (primary N) is 1. The number of hydrogen-bond donors (Lipinski definition) is 6. The molecule has 3 rings (SSSR count). The van der Waals surface area contributed by atoms with Crippen LogP contribution in [0, 0.1) is 0 Å². The highest BCUT2D eigenvalue weighted by Crippen LogP contribution is 2.67. The number of ether oxygens (including phenoxy) is 1. The molecule has 3 heterocycles. The Labute approximate surface area is 205 Å². The summed E-state index contributed by atoms with van der Waals surface area (Å²) in [6.07, 6.45) is -1.52. The number of aromatic nitrogens is 4. The number of unbranched alkanes of at least 4 members (excludes halogenated alkanes) is 3. The summed E-state index contributed by atoms with van der Waals surface area (Å²) in [4.78, 5) is 41.0. The van der Waals surface area contributed by atoms with Crippen molar-refractivity contribution in [3.63, 3.8) is 0 Å². The van der Waals surface area contributed by atoms with Crippen LogP contribution in [0.5, 0.6) is 0 Å². The van der Waals surface area contributed by atoms with Gasteiger partial charge in [0.25, 0.3) is 0 Å². The smallest absolute Gasteiger partial charge is 0.387 e. The minimum absolute atomic E-state index is 0.0640. The van der Waals surface area contributed by atoms with Crippen molar-refractivity contribution in [1.82, 2.24) is 19.5 Å². The topological polar surface area (TPSA) is 259 Å². The minimum Gasteiger partial charge on any atom is -0.387 e. The van der Waals surface area contributed by atoms with Crippen molar-refractivity contribution >= 4 is 40.2 Å². The van der Waals surface area contributed by atoms with Gasteiger partial charge in [-0.25, -0.2) is 28.4 Å². The highest BCUT2D eigenvalue weighted by Gasteiger charge is 2.47. The molecule has 0 saturated carbocycles. The van der Waals surface area contributed by atoms with E-state index in [-0.39, 0.29) is 23.4 Å². The maximum Gasteiger partial charge on any atom is 0.488 e. The predicted octanol–water partition coefficient (Wildman–Crippen LogP) is 1.04. The SMILES string of the molecule is CCCCCCP(=O)(O)OP(=O)(O)OP(=O)(O)OC[C@H]1O[C@@H](n2cnc3c(N)ncnc32)[C@@H](O)C1O. The summed E-state index contributed by atoms with van der Waals surface area (Å²) in [5, 5.41) is 20.7. The van der Waals surface area contributed by atoms with Gasteiger partial charge in [0, 0.05) is 0 Å². The Morgan fingerprint density at radius 2 is 1.75 bits per heavy atom. The third kappa shape index (κ3) is 7.38. The molecule has 1 fully saturated rings. The van der Waals surface area contributed by atoms with Gasteiger partial charge >= 0.3 is 23.2 Å². The number of anilines is 1. The highest BCUT2D eigenvalue weighted by atomic mass is 31.3. The molecule has 2 aromatic heterocycles. The standard InChI is InChI=1S/C16H28N5O12P3/c1-2-3-4-5-6-34(24,25)32-36(28,29)33-35(26,27)30-7-10-12(22)13(23)16(31-10)21-9-20-11-14(17)18-8-19-15(11)21/h8-10,12-13,16,22-23H,2-7H2,1H3,(H,24,25)(H,26,27)(H,28,29)(H2,17,18,19)/t10-,12?,13+,16-/m1/s1. The number of nitrogen functional groups attached to an aromatic ring is 1. The van der Waals surface area contributed by atoms with Crippen LogP contribution >= 0.6 is 23.2 Å². The Hall–Kier alpha value is -1.32. The molecule has 0 aromatic carbocycles. The summed E-state index contributed by atoms with van der Waals surface area (Å²) in [6.45, 7) is 1.03. The molecule has 0 spiro atoms. The highest BCUT2D eigenvalue weighted by molar-refractivity contribution is 7.68. The van der Waals surface area contributed by atoms with Crippen LogP contribution in [0.1, 0.15) is 38.8 Å². The number of phosphoric ester groups is 1. The monoisotopic (exact) mass is 575 g/mol. The molecule has 0 radical (unpaired) electrons. The third-order valence-electron chi connectivity index (χ3n) is 5.13. The summed E-state index contributed by atoms with van der Waals surface area (Å²) >= 11 is 0. The Bertz CT molecular complexity index is 1200. The summed E-state index contributed by atoms with van der Waals surface area (Å²) in [5.74, 6) is 0.0640. The first-order chi connectivity index (χ1) is 16.8. The van der Waals surface area contributed by atoms with Crippen molar-refractivity contribution in [2.24, 2.45) is 0 Å². The Balaban J connectivity index is 1.59. The zero-order valence-electron chi connectivity index (χ0n) is 19.0. The van der Waals surface area contributed by atoms with Gasteiger partial charge in [-0.15, -0.1) is 0 Å². The van der Waals surface area contributed by atoms with E-state index in [1.807, 2.05) is 6.92 Å². The lowest BCUT2D eigenvalue weighted by Crippen LogP contribution is -2.33. The van der Waals surface area contributed by atoms with E-state index in [1.54, 1.807) is 0 Å². The van der Waals surface area contributed by atoms with E-state index < -0.39 is 60.5 Å². The molecule has 1 saturated heterocycles. The molecule has 17 nitrogen and oxygen atoms in total. The van der Waals surface area contributed by atoms with Crippen molar-refractivity contribution in [1.29, 1.82) is 0 Å². The zero-order valence-corrected chi connectivity index (χ0v) is 21.7. The molecular formula is C16H28N5O12P3. The van der Waals surface area contributed by atoms with E-state index >= 15 is 0 Å². The first kappa shape index (κ1) is 29.2. The van der Waals surface area contributed by atoms with Crippen LogP contribution in [-0.4, -0.2) is 75.5 Å². The van der Waals surface area contributed by atoms with Crippen LogP contribution in [0.4, 0.5) is 5.82 Å². The fourth-order valence-electron chi connectivity index (χ4n) is 3.43. The molecule has 7 N–H and O–H groups in total. The average Bonchev–Trinajstić information content (AvgIpc) is 3.31. The molecule has 4 unspecified atom stereocenters. The lowest BCUT2D eigenvalue weighted by molar-refractivity contribution is -0.0503. The Kier molecular flexibility index (Phi) is 9.42. The lowest BCUT2D eigenvalue weighted by Gasteiger charge is -2.20.